The van der Waals surface area contributed by atoms with Gasteiger partial charge in [-0.05, 0) is 38.0 Å². The van der Waals surface area contributed by atoms with Crippen molar-refractivity contribution in [3.63, 3.8) is 0 Å². The molecule has 7 heteroatoms. The highest BCUT2D eigenvalue weighted by atomic mass is 32.1. The van der Waals surface area contributed by atoms with Crippen molar-refractivity contribution in [3.05, 3.63) is 88.4 Å². The molecule has 1 N–H and O–H groups in total. The van der Waals surface area contributed by atoms with Gasteiger partial charge in [-0.3, -0.25) is 0 Å². The molecule has 6 nitrogen and oxygen atoms in total. The van der Waals surface area contributed by atoms with E-state index in [0.717, 1.165) is 32.3 Å². The van der Waals surface area contributed by atoms with E-state index in [2.05, 4.69) is 17.4 Å². The van der Waals surface area contributed by atoms with Crippen LogP contribution in [0.4, 0.5) is 0 Å². The molecular weight excluding hydrogens is 448 g/mol. The molecule has 3 aromatic rings. The zero-order valence-corrected chi connectivity index (χ0v) is 20.6. The van der Waals surface area contributed by atoms with Crippen molar-refractivity contribution in [2.75, 3.05) is 14.2 Å². The first-order valence-electron chi connectivity index (χ1n) is 10.8. The number of carbonyl (C=O) groups excluding carboxylic acids is 2. The van der Waals surface area contributed by atoms with Gasteiger partial charge < -0.3 is 14.8 Å². The molecule has 2 heterocycles. The highest BCUT2D eigenvalue weighted by Crippen LogP contribution is 2.41. The van der Waals surface area contributed by atoms with Crippen molar-refractivity contribution in [2.45, 2.75) is 26.7 Å². The van der Waals surface area contributed by atoms with Crippen molar-refractivity contribution in [1.29, 1.82) is 0 Å². The van der Waals surface area contributed by atoms with E-state index in [1.807, 2.05) is 49.4 Å². The number of nitrogens with one attached hydrogen (secondary N) is 1. The minimum Gasteiger partial charge on any atom is -0.466 e. The Balaban J connectivity index is 1.84. The normalized spacial score (nSPS) is 14.1. The van der Waals surface area contributed by atoms with E-state index in [0.29, 0.717) is 22.5 Å². The number of nitrogens with zero attached hydrogens (tertiary/aromatic N) is 1. The molecule has 0 unspecified atom stereocenters. The van der Waals surface area contributed by atoms with Gasteiger partial charge in [0.05, 0.1) is 41.9 Å². The van der Waals surface area contributed by atoms with Gasteiger partial charge in [0, 0.05) is 17.0 Å². The summed E-state index contributed by atoms with van der Waals surface area (Å²) in [4.78, 5) is 31.5. The van der Waals surface area contributed by atoms with Crippen LogP contribution in [0.15, 0.2) is 77.1 Å². The van der Waals surface area contributed by atoms with Crippen LogP contribution in [0.25, 0.3) is 21.0 Å². The molecule has 0 bridgehead atoms. The Labute approximate surface area is 202 Å². The molecule has 0 aliphatic carbocycles. The largest absolute Gasteiger partial charge is 0.466 e. The predicted molar refractivity (Wildman–Crippen MR) is 133 cm³/mol. The van der Waals surface area contributed by atoms with Crippen LogP contribution in [0, 0.1) is 6.92 Å². The second-order valence-electron chi connectivity index (χ2n) is 8.04. The lowest BCUT2D eigenvalue weighted by Gasteiger charge is -2.30. The summed E-state index contributed by atoms with van der Waals surface area (Å²) < 4.78 is 10.1. The molecule has 2 aromatic carbocycles. The molecule has 34 heavy (non-hydrogen) atoms. The average molecular weight is 475 g/mol. The van der Waals surface area contributed by atoms with Gasteiger partial charge in [0.15, 0.2) is 0 Å². The number of dihydropyridines is 1. The third-order valence-corrected chi connectivity index (χ3v) is 7.13. The summed E-state index contributed by atoms with van der Waals surface area (Å²) in [5.41, 5.74) is 5.82. The van der Waals surface area contributed by atoms with Gasteiger partial charge in [0.1, 0.15) is 5.01 Å². The number of carbonyl (C=O) groups is 2. The van der Waals surface area contributed by atoms with Crippen LogP contribution < -0.4 is 5.32 Å². The summed E-state index contributed by atoms with van der Waals surface area (Å²) in [5, 5.41) is 4.00. The van der Waals surface area contributed by atoms with Crippen LogP contribution >= 0.6 is 11.3 Å². The third kappa shape index (κ3) is 4.26. The molecule has 174 valence electrons. The van der Waals surface area contributed by atoms with Crippen LogP contribution in [0.2, 0.25) is 0 Å². The summed E-state index contributed by atoms with van der Waals surface area (Å²) in [6.07, 6.45) is 0. The Morgan fingerprint density at radius 3 is 2.03 bits per heavy atom. The summed E-state index contributed by atoms with van der Waals surface area (Å²) in [6, 6.07) is 18.0. The van der Waals surface area contributed by atoms with Gasteiger partial charge in [-0.25, -0.2) is 14.6 Å². The fraction of sp³-hybridized carbons (Fsp3) is 0.222. The van der Waals surface area contributed by atoms with E-state index in [1.165, 1.54) is 14.2 Å². The molecule has 0 saturated heterocycles. The molecule has 4 rings (SSSR count). The van der Waals surface area contributed by atoms with E-state index >= 15 is 0 Å². The first-order chi connectivity index (χ1) is 16.3. The zero-order chi connectivity index (χ0) is 24.4. The van der Waals surface area contributed by atoms with Gasteiger partial charge in [-0.2, -0.15) is 0 Å². The standard InChI is InChI=1S/C27H26N2O4S/c1-15-21(26(30)32-4)23(22(16(2)28-15)27(31)33-5)19-12-9-13-20(14-19)25-29-17(3)24(34-25)18-10-7-6-8-11-18/h6-14,23,28H,1-5H3. The summed E-state index contributed by atoms with van der Waals surface area (Å²) >= 11 is 1.61. The lowest BCUT2D eigenvalue weighted by atomic mass is 9.80. The number of aryl methyl sites for hydroxylation is 1. The van der Waals surface area contributed by atoms with Crippen molar-refractivity contribution < 1.29 is 19.1 Å². The Morgan fingerprint density at radius 2 is 1.44 bits per heavy atom. The number of benzene rings is 2. The van der Waals surface area contributed by atoms with Gasteiger partial charge >= 0.3 is 11.9 Å². The van der Waals surface area contributed by atoms with Crippen molar-refractivity contribution in [3.8, 4) is 21.0 Å². The van der Waals surface area contributed by atoms with Crippen LogP contribution in [-0.4, -0.2) is 31.1 Å². The number of methoxy groups -OCH3 is 2. The van der Waals surface area contributed by atoms with Crippen LogP contribution in [0.5, 0.6) is 0 Å². The molecule has 0 amide bonds. The maximum Gasteiger partial charge on any atom is 0.336 e. The highest BCUT2D eigenvalue weighted by Gasteiger charge is 2.37. The monoisotopic (exact) mass is 474 g/mol. The first kappa shape index (κ1) is 23.4. The molecule has 1 aliphatic rings. The van der Waals surface area contributed by atoms with Crippen LogP contribution in [-0.2, 0) is 19.1 Å². The number of aromatic nitrogens is 1. The maximum atomic E-state index is 12.8. The molecule has 1 aromatic heterocycles. The van der Waals surface area contributed by atoms with Gasteiger partial charge in [-0.1, -0.05) is 48.5 Å². The topological polar surface area (TPSA) is 77.5 Å². The van der Waals surface area contributed by atoms with Crippen molar-refractivity contribution in [2.24, 2.45) is 0 Å². The molecule has 0 radical (unpaired) electrons. The van der Waals surface area contributed by atoms with Crippen molar-refractivity contribution in [1.82, 2.24) is 10.3 Å². The minimum atomic E-state index is -0.629. The molecular formula is C27H26N2O4S. The molecule has 0 atom stereocenters. The second kappa shape index (κ2) is 9.65. The van der Waals surface area contributed by atoms with E-state index in [9.17, 15) is 9.59 Å². The van der Waals surface area contributed by atoms with Gasteiger partial charge in [-0.15, -0.1) is 11.3 Å². The summed E-state index contributed by atoms with van der Waals surface area (Å²) in [7, 11) is 2.67. The Kier molecular flexibility index (Phi) is 6.65. The second-order valence-corrected chi connectivity index (χ2v) is 9.04. The SMILES string of the molecule is COC(=O)C1=C(C)NC(C)=C(C(=O)OC)C1c1cccc(-c2nc(C)c(-c3ccccc3)s2)c1. The number of hydrogen-bond donors (Lipinski definition) is 1. The van der Waals surface area contributed by atoms with Crippen molar-refractivity contribution >= 4 is 23.3 Å². The minimum absolute atomic E-state index is 0.381. The summed E-state index contributed by atoms with van der Waals surface area (Å²) in [5.74, 6) is -1.62. The molecule has 0 fully saturated rings. The predicted octanol–water partition coefficient (Wildman–Crippen LogP) is 5.37. The Bertz CT molecular complexity index is 1280. The van der Waals surface area contributed by atoms with E-state index in [1.54, 1.807) is 25.2 Å². The number of rotatable bonds is 5. The van der Waals surface area contributed by atoms with Gasteiger partial charge in [0.2, 0.25) is 0 Å². The molecule has 0 saturated carbocycles. The first-order valence-corrected chi connectivity index (χ1v) is 11.7. The van der Waals surface area contributed by atoms with E-state index in [-0.39, 0.29) is 0 Å². The zero-order valence-electron chi connectivity index (χ0n) is 19.8. The number of thiazole rings is 1. The van der Waals surface area contributed by atoms with E-state index < -0.39 is 17.9 Å². The fourth-order valence-corrected chi connectivity index (χ4v) is 5.38. The quantitative estimate of drug-likeness (QED) is 0.501. The number of esters is 2. The summed E-state index contributed by atoms with van der Waals surface area (Å²) in [6.45, 7) is 5.61. The Hall–Kier alpha value is -3.71. The molecule has 1 aliphatic heterocycles. The fourth-order valence-electron chi connectivity index (χ4n) is 4.32. The smallest absolute Gasteiger partial charge is 0.336 e. The molecule has 0 spiro atoms. The lowest BCUT2D eigenvalue weighted by Crippen LogP contribution is -2.32. The third-order valence-electron chi connectivity index (χ3n) is 5.87. The number of allylic oxidation sites excluding steroid dienone is 2. The maximum absolute atomic E-state index is 12.8. The average Bonchev–Trinajstić information content (AvgIpc) is 3.25. The number of hydrogen-bond acceptors (Lipinski definition) is 7. The van der Waals surface area contributed by atoms with Crippen LogP contribution in [0.3, 0.4) is 0 Å². The number of ether oxygens (including phenoxy) is 2. The van der Waals surface area contributed by atoms with E-state index in [4.69, 9.17) is 14.5 Å². The van der Waals surface area contributed by atoms with Gasteiger partial charge in [0.25, 0.3) is 0 Å². The Morgan fingerprint density at radius 1 is 0.853 bits per heavy atom. The van der Waals surface area contributed by atoms with Crippen LogP contribution in [0.1, 0.15) is 31.0 Å². The highest BCUT2D eigenvalue weighted by molar-refractivity contribution is 7.18. The lowest BCUT2D eigenvalue weighted by molar-refractivity contribution is -0.137.